The minimum absolute atomic E-state index is 0.217. The maximum Gasteiger partial charge on any atom is 0.257 e. The third-order valence-electron chi connectivity index (χ3n) is 6.91. The van der Waals surface area contributed by atoms with Crippen molar-refractivity contribution < 1.29 is 4.79 Å². The van der Waals surface area contributed by atoms with Crippen molar-refractivity contribution in [1.29, 1.82) is 5.26 Å². The molecule has 1 amide bonds. The Morgan fingerprint density at radius 3 is 2.66 bits per heavy atom. The van der Waals surface area contributed by atoms with Crippen LogP contribution in [0.3, 0.4) is 0 Å². The number of nitrogens with one attached hydrogen (secondary N) is 1. The SMILES string of the molecule is CC(C)(C)[C@@H]1CCc2c(sc(NC(=O)c3cc(-c4ccccc4)nc4ccc(Br)cc34)c2C#N)C1. The number of amides is 1. The Labute approximate surface area is 218 Å². The van der Waals surface area contributed by atoms with E-state index in [1.807, 2.05) is 54.6 Å². The summed E-state index contributed by atoms with van der Waals surface area (Å²) in [7, 11) is 0. The molecule has 5 rings (SSSR count). The summed E-state index contributed by atoms with van der Waals surface area (Å²) in [6.07, 6.45) is 2.91. The van der Waals surface area contributed by atoms with Crippen LogP contribution >= 0.6 is 27.3 Å². The highest BCUT2D eigenvalue weighted by molar-refractivity contribution is 9.10. The minimum atomic E-state index is -0.227. The number of hydrogen-bond donors (Lipinski definition) is 1. The van der Waals surface area contributed by atoms with Gasteiger partial charge in [0.05, 0.1) is 22.3 Å². The van der Waals surface area contributed by atoms with Gasteiger partial charge in [-0.05, 0) is 60.4 Å². The van der Waals surface area contributed by atoms with Gasteiger partial charge in [0.25, 0.3) is 5.91 Å². The predicted molar refractivity (Wildman–Crippen MR) is 147 cm³/mol. The Bertz CT molecular complexity index is 1480. The topological polar surface area (TPSA) is 65.8 Å². The van der Waals surface area contributed by atoms with Crippen molar-refractivity contribution in [2.24, 2.45) is 11.3 Å². The molecule has 0 aliphatic heterocycles. The van der Waals surface area contributed by atoms with Crippen LogP contribution in [0, 0.1) is 22.7 Å². The summed E-state index contributed by atoms with van der Waals surface area (Å²) in [6.45, 7) is 6.84. The average Bonchev–Trinajstić information content (AvgIpc) is 3.19. The van der Waals surface area contributed by atoms with Gasteiger partial charge in [-0.15, -0.1) is 11.3 Å². The molecular weight excluding hydrogens is 518 g/mol. The molecule has 2 heterocycles. The summed E-state index contributed by atoms with van der Waals surface area (Å²) in [5.74, 6) is 0.341. The number of thiophene rings is 1. The van der Waals surface area contributed by atoms with E-state index in [2.05, 4.69) is 48.1 Å². The van der Waals surface area contributed by atoms with E-state index in [1.54, 1.807) is 11.3 Å². The molecule has 0 bridgehead atoms. The van der Waals surface area contributed by atoms with Gasteiger partial charge in [-0.3, -0.25) is 4.79 Å². The second kappa shape index (κ2) is 9.22. The number of pyridine rings is 1. The fraction of sp³-hybridized carbons (Fsp3) is 0.276. The molecule has 176 valence electrons. The van der Waals surface area contributed by atoms with Crippen molar-refractivity contribution in [2.75, 3.05) is 5.32 Å². The Balaban J connectivity index is 1.55. The number of hydrogen-bond acceptors (Lipinski definition) is 4. The van der Waals surface area contributed by atoms with Crippen molar-refractivity contribution in [3.8, 4) is 17.3 Å². The summed E-state index contributed by atoms with van der Waals surface area (Å²) < 4.78 is 0.880. The molecular formula is C29H26BrN3OS. The molecule has 0 saturated heterocycles. The van der Waals surface area contributed by atoms with E-state index in [9.17, 15) is 10.1 Å². The van der Waals surface area contributed by atoms with Crippen LogP contribution in [-0.4, -0.2) is 10.9 Å². The number of carbonyl (C=O) groups is 1. The van der Waals surface area contributed by atoms with Crippen LogP contribution in [0.25, 0.3) is 22.2 Å². The van der Waals surface area contributed by atoms with E-state index in [4.69, 9.17) is 4.98 Å². The third kappa shape index (κ3) is 4.63. The van der Waals surface area contributed by atoms with Crippen molar-refractivity contribution >= 4 is 49.1 Å². The number of benzene rings is 2. The van der Waals surface area contributed by atoms with Gasteiger partial charge in [-0.1, -0.05) is 67.0 Å². The number of carbonyl (C=O) groups excluding carboxylic acids is 1. The van der Waals surface area contributed by atoms with Gasteiger partial charge in [0, 0.05) is 20.3 Å². The van der Waals surface area contributed by atoms with Crippen LogP contribution in [0.15, 0.2) is 59.1 Å². The van der Waals surface area contributed by atoms with Crippen LogP contribution in [0.5, 0.6) is 0 Å². The molecule has 2 aromatic carbocycles. The third-order valence-corrected chi connectivity index (χ3v) is 8.58. The lowest BCUT2D eigenvalue weighted by molar-refractivity contribution is 0.102. The molecule has 2 aromatic heterocycles. The zero-order valence-corrected chi connectivity index (χ0v) is 22.4. The smallest absolute Gasteiger partial charge is 0.257 e. The van der Waals surface area contributed by atoms with Crippen LogP contribution in [0.1, 0.15) is 53.6 Å². The highest BCUT2D eigenvalue weighted by atomic mass is 79.9. The van der Waals surface area contributed by atoms with Crippen molar-refractivity contribution in [1.82, 2.24) is 4.98 Å². The molecule has 4 aromatic rings. The van der Waals surface area contributed by atoms with E-state index in [-0.39, 0.29) is 11.3 Å². The van der Waals surface area contributed by atoms with Crippen LogP contribution in [-0.2, 0) is 12.8 Å². The van der Waals surface area contributed by atoms with Crippen LogP contribution < -0.4 is 5.32 Å². The average molecular weight is 545 g/mol. The van der Waals surface area contributed by atoms with Crippen LogP contribution in [0.2, 0.25) is 0 Å². The molecule has 35 heavy (non-hydrogen) atoms. The zero-order chi connectivity index (χ0) is 24.7. The maximum absolute atomic E-state index is 13.7. The summed E-state index contributed by atoms with van der Waals surface area (Å²) in [6, 6.07) is 19.8. The first-order valence-corrected chi connectivity index (χ1v) is 13.4. The molecule has 0 radical (unpaired) electrons. The molecule has 1 aliphatic carbocycles. The van der Waals surface area contributed by atoms with Gasteiger partial charge in [0.15, 0.2) is 0 Å². The number of nitrogens with zero attached hydrogens (tertiary/aromatic N) is 2. The summed E-state index contributed by atoms with van der Waals surface area (Å²) >= 11 is 5.09. The Kier molecular flexibility index (Phi) is 6.25. The van der Waals surface area contributed by atoms with Crippen molar-refractivity contribution in [3.63, 3.8) is 0 Å². The number of halogens is 1. The number of aromatic nitrogens is 1. The van der Waals surface area contributed by atoms with Gasteiger partial charge in [0.1, 0.15) is 11.1 Å². The van der Waals surface area contributed by atoms with E-state index >= 15 is 0 Å². The van der Waals surface area contributed by atoms with Gasteiger partial charge in [-0.25, -0.2) is 4.98 Å². The number of rotatable bonds is 3. The van der Waals surface area contributed by atoms with E-state index in [1.165, 1.54) is 4.88 Å². The number of anilines is 1. The first kappa shape index (κ1) is 23.7. The number of fused-ring (bicyclic) bond motifs is 2. The summed E-state index contributed by atoms with van der Waals surface area (Å²) in [5, 5.41) is 14.5. The first-order chi connectivity index (χ1) is 16.7. The summed E-state index contributed by atoms with van der Waals surface area (Å²) in [4.78, 5) is 19.7. The van der Waals surface area contributed by atoms with Gasteiger partial charge < -0.3 is 5.32 Å². The largest absolute Gasteiger partial charge is 0.312 e. The predicted octanol–water partition coefficient (Wildman–Crippen LogP) is 8.00. The first-order valence-electron chi connectivity index (χ1n) is 11.8. The summed E-state index contributed by atoms with van der Waals surface area (Å²) in [5.41, 5.74) is 4.93. The van der Waals surface area contributed by atoms with Gasteiger partial charge >= 0.3 is 0 Å². The Hall–Kier alpha value is -3.01. The van der Waals surface area contributed by atoms with Gasteiger partial charge in [-0.2, -0.15) is 5.26 Å². The standard InChI is InChI=1S/C29H26BrN3OS/c1-29(2,3)18-9-11-20-23(16-31)28(35-26(20)13-18)33-27(34)22-15-25(17-7-5-4-6-8-17)32-24-12-10-19(30)14-21(22)24/h4-8,10,12,14-15,18H,9,11,13H2,1-3H3,(H,33,34)/t18-/m1/s1. The fourth-order valence-electron chi connectivity index (χ4n) is 4.84. The lowest BCUT2D eigenvalue weighted by Crippen LogP contribution is -2.26. The van der Waals surface area contributed by atoms with E-state index in [0.717, 1.165) is 51.5 Å². The van der Waals surface area contributed by atoms with Gasteiger partial charge in [0.2, 0.25) is 0 Å². The molecule has 0 saturated carbocycles. The highest BCUT2D eigenvalue weighted by Gasteiger charge is 2.32. The molecule has 4 nitrogen and oxygen atoms in total. The highest BCUT2D eigenvalue weighted by Crippen LogP contribution is 2.44. The molecule has 1 aliphatic rings. The van der Waals surface area contributed by atoms with E-state index in [0.29, 0.717) is 22.0 Å². The molecule has 6 heteroatoms. The zero-order valence-electron chi connectivity index (χ0n) is 20.0. The molecule has 0 fully saturated rings. The molecule has 1 atom stereocenters. The lowest BCUT2D eigenvalue weighted by atomic mass is 9.72. The van der Waals surface area contributed by atoms with E-state index < -0.39 is 0 Å². The molecule has 1 N–H and O–H groups in total. The van der Waals surface area contributed by atoms with Crippen LogP contribution in [0.4, 0.5) is 5.00 Å². The Morgan fingerprint density at radius 1 is 1.17 bits per heavy atom. The van der Waals surface area contributed by atoms with Crippen molar-refractivity contribution in [2.45, 2.75) is 40.0 Å². The molecule has 0 spiro atoms. The normalized spacial score (nSPS) is 15.5. The monoisotopic (exact) mass is 543 g/mol. The Morgan fingerprint density at radius 2 is 1.94 bits per heavy atom. The fourth-order valence-corrected chi connectivity index (χ4v) is 6.48. The second-order valence-electron chi connectivity index (χ2n) is 10.2. The van der Waals surface area contributed by atoms with Crippen molar-refractivity contribution in [3.05, 3.63) is 80.6 Å². The maximum atomic E-state index is 13.7. The number of nitriles is 1. The quantitative estimate of drug-likeness (QED) is 0.284. The minimum Gasteiger partial charge on any atom is -0.312 e. The lowest BCUT2D eigenvalue weighted by Gasteiger charge is -2.33. The second-order valence-corrected chi connectivity index (χ2v) is 12.2. The molecule has 0 unspecified atom stereocenters.